The smallest absolute Gasteiger partial charge is 0.409 e. The van der Waals surface area contributed by atoms with Gasteiger partial charge in [-0.3, -0.25) is 24.1 Å². The van der Waals surface area contributed by atoms with Gasteiger partial charge in [-0.25, -0.2) is 14.8 Å². The van der Waals surface area contributed by atoms with E-state index in [-0.39, 0.29) is 75.5 Å². The fourth-order valence-corrected chi connectivity index (χ4v) is 5.54. The highest BCUT2D eigenvalue weighted by Gasteiger charge is 2.33. The van der Waals surface area contributed by atoms with E-state index in [2.05, 4.69) is 10.3 Å². The van der Waals surface area contributed by atoms with Crippen molar-refractivity contribution in [2.75, 3.05) is 37.7 Å². The summed E-state index contributed by atoms with van der Waals surface area (Å²) in [6.45, 7) is 4.66. The van der Waals surface area contributed by atoms with Gasteiger partial charge in [0.05, 0.1) is 6.61 Å². The summed E-state index contributed by atoms with van der Waals surface area (Å²) in [5.41, 5.74) is 0.609. The third-order valence-corrected chi connectivity index (χ3v) is 7.85. The van der Waals surface area contributed by atoms with Crippen LogP contribution in [0.1, 0.15) is 69.3 Å². The van der Waals surface area contributed by atoms with E-state index in [0.717, 1.165) is 25.7 Å². The zero-order valence-electron chi connectivity index (χ0n) is 25.2. The molecule has 1 aromatic carbocycles. The summed E-state index contributed by atoms with van der Waals surface area (Å²) >= 11 is 0. The van der Waals surface area contributed by atoms with Crippen LogP contribution in [0.5, 0.6) is 0 Å². The second-order valence-electron chi connectivity index (χ2n) is 10.8. The molecule has 13 nitrogen and oxygen atoms in total. The number of ether oxygens (including phenoxy) is 1. The molecule has 0 bridgehead atoms. The Hall–Kier alpha value is -4.55. The molecule has 1 unspecified atom stereocenters. The third kappa shape index (κ3) is 8.08. The Morgan fingerprint density at radius 3 is 2.27 bits per heavy atom. The molecule has 0 radical (unpaired) electrons. The zero-order chi connectivity index (χ0) is 31.6. The molecule has 2 fully saturated rings. The molecule has 236 valence electrons. The predicted octanol–water partition coefficient (Wildman–Crippen LogP) is 3.09. The van der Waals surface area contributed by atoms with Gasteiger partial charge in [0.1, 0.15) is 17.6 Å². The fraction of sp³-hybridized carbons (Fsp3) is 0.516. The van der Waals surface area contributed by atoms with Gasteiger partial charge in [-0.05, 0) is 26.2 Å². The number of hydrogen-bond donors (Lipinski definition) is 2. The molecule has 4 rings (SSSR count). The Balaban J connectivity index is 1.62. The molecule has 1 atom stereocenters. The van der Waals surface area contributed by atoms with Crippen LogP contribution in [0.3, 0.4) is 0 Å². The highest BCUT2D eigenvalue weighted by Crippen LogP contribution is 2.30. The topological polar surface area (TPSA) is 162 Å². The van der Waals surface area contributed by atoms with Crippen LogP contribution in [0, 0.1) is 0 Å². The minimum absolute atomic E-state index is 0.0407. The molecule has 1 aliphatic carbocycles. The number of carbonyl (C=O) groups excluding carboxylic acids is 4. The van der Waals surface area contributed by atoms with Gasteiger partial charge in [0.15, 0.2) is 5.82 Å². The number of rotatable bonds is 11. The average molecular weight is 609 g/mol. The SMILES string of the molecule is CCOC(=O)N1CCN(C(=O)C(CCC(=O)O)NC(=O)c2cc(N(C(=O)CC)C3CCCC3)nc(-c3ccccc3)n2)CC1. The number of benzene rings is 1. The summed E-state index contributed by atoms with van der Waals surface area (Å²) in [4.78, 5) is 77.8. The van der Waals surface area contributed by atoms with Crippen LogP contribution in [0.4, 0.5) is 10.6 Å². The van der Waals surface area contributed by atoms with Gasteiger partial charge in [0.2, 0.25) is 11.8 Å². The minimum Gasteiger partial charge on any atom is -0.481 e. The molecule has 44 heavy (non-hydrogen) atoms. The molecular weight excluding hydrogens is 568 g/mol. The monoisotopic (exact) mass is 608 g/mol. The zero-order valence-corrected chi connectivity index (χ0v) is 25.2. The van der Waals surface area contributed by atoms with E-state index in [0.29, 0.717) is 11.4 Å². The van der Waals surface area contributed by atoms with Crippen LogP contribution in [-0.2, 0) is 19.1 Å². The Kier molecular flexibility index (Phi) is 11.2. The van der Waals surface area contributed by atoms with E-state index < -0.39 is 29.9 Å². The number of carboxylic acid groups (broad SMARTS) is 1. The lowest BCUT2D eigenvalue weighted by atomic mass is 10.1. The highest BCUT2D eigenvalue weighted by molar-refractivity contribution is 5.99. The van der Waals surface area contributed by atoms with Crippen molar-refractivity contribution < 1.29 is 33.8 Å². The second kappa shape index (κ2) is 15.3. The number of nitrogens with one attached hydrogen (secondary N) is 1. The van der Waals surface area contributed by atoms with Gasteiger partial charge in [-0.15, -0.1) is 0 Å². The molecule has 0 spiro atoms. The largest absolute Gasteiger partial charge is 0.481 e. The lowest BCUT2D eigenvalue weighted by molar-refractivity contribution is -0.138. The number of amides is 4. The van der Waals surface area contributed by atoms with Crippen LogP contribution < -0.4 is 10.2 Å². The Morgan fingerprint density at radius 2 is 1.66 bits per heavy atom. The first-order valence-corrected chi connectivity index (χ1v) is 15.2. The van der Waals surface area contributed by atoms with Gasteiger partial charge in [-0.2, -0.15) is 0 Å². The summed E-state index contributed by atoms with van der Waals surface area (Å²) in [5, 5.41) is 12.0. The van der Waals surface area contributed by atoms with Crippen LogP contribution in [-0.4, -0.2) is 99.5 Å². The molecule has 2 aliphatic rings. The standard InChI is InChI=1S/C31H40N6O7/c1-3-26(38)37(22-12-8-9-13-22)25-20-24(32-28(34-25)21-10-6-5-7-11-21)29(41)33-23(14-15-27(39)40)30(42)35-16-18-36(19-17-35)31(43)44-4-2/h5-7,10-11,20,22-23H,3-4,8-9,12-19H2,1-2H3,(H,33,41)(H,39,40). The lowest BCUT2D eigenvalue weighted by Gasteiger charge is -2.36. The normalized spacial score (nSPS) is 15.9. The Morgan fingerprint density at radius 1 is 1.00 bits per heavy atom. The van der Waals surface area contributed by atoms with Crippen LogP contribution in [0.25, 0.3) is 11.4 Å². The molecular formula is C31H40N6O7. The third-order valence-electron chi connectivity index (χ3n) is 7.85. The summed E-state index contributed by atoms with van der Waals surface area (Å²) in [6.07, 6.45) is 2.96. The molecule has 1 saturated heterocycles. The first kappa shape index (κ1) is 32.4. The van der Waals surface area contributed by atoms with Gasteiger partial charge >= 0.3 is 12.1 Å². The number of carbonyl (C=O) groups is 5. The van der Waals surface area contributed by atoms with Crippen molar-refractivity contribution >= 4 is 35.6 Å². The van der Waals surface area contributed by atoms with Crippen molar-refractivity contribution in [3.8, 4) is 11.4 Å². The highest BCUT2D eigenvalue weighted by atomic mass is 16.6. The first-order chi connectivity index (χ1) is 21.2. The molecule has 1 aromatic heterocycles. The lowest BCUT2D eigenvalue weighted by Crippen LogP contribution is -2.56. The summed E-state index contributed by atoms with van der Waals surface area (Å²) in [6, 6.07) is 9.36. The number of carboxylic acids is 1. The Bertz CT molecular complexity index is 1340. The predicted molar refractivity (Wildman–Crippen MR) is 161 cm³/mol. The summed E-state index contributed by atoms with van der Waals surface area (Å²) in [7, 11) is 0. The fourth-order valence-electron chi connectivity index (χ4n) is 5.54. The minimum atomic E-state index is -1.14. The van der Waals surface area contributed by atoms with Crippen LogP contribution >= 0.6 is 0 Å². The van der Waals surface area contributed by atoms with Gasteiger partial charge in [0, 0.05) is 56.7 Å². The van der Waals surface area contributed by atoms with Gasteiger partial charge < -0.3 is 25.0 Å². The van der Waals surface area contributed by atoms with E-state index in [4.69, 9.17) is 9.72 Å². The van der Waals surface area contributed by atoms with Crippen molar-refractivity contribution in [1.82, 2.24) is 25.1 Å². The molecule has 4 amide bonds. The number of hydrogen-bond acceptors (Lipinski definition) is 8. The van der Waals surface area contributed by atoms with Gasteiger partial charge in [-0.1, -0.05) is 50.1 Å². The quantitative estimate of drug-likeness (QED) is 0.390. The van der Waals surface area contributed by atoms with E-state index in [1.807, 2.05) is 18.2 Å². The summed E-state index contributed by atoms with van der Waals surface area (Å²) < 4.78 is 5.04. The maximum absolute atomic E-state index is 13.7. The van der Waals surface area contributed by atoms with E-state index in [9.17, 15) is 29.1 Å². The van der Waals surface area contributed by atoms with E-state index in [1.54, 1.807) is 30.9 Å². The summed E-state index contributed by atoms with van der Waals surface area (Å²) in [5.74, 6) is -1.79. The van der Waals surface area contributed by atoms with Crippen molar-refractivity contribution in [2.24, 2.45) is 0 Å². The van der Waals surface area contributed by atoms with Crippen LogP contribution in [0.2, 0.25) is 0 Å². The van der Waals surface area contributed by atoms with Crippen molar-refractivity contribution in [2.45, 2.75) is 70.9 Å². The molecule has 2 N–H and O–H groups in total. The maximum atomic E-state index is 13.7. The van der Waals surface area contributed by atoms with E-state index in [1.165, 1.54) is 15.9 Å². The van der Waals surface area contributed by atoms with Crippen molar-refractivity contribution in [1.29, 1.82) is 0 Å². The number of aromatic nitrogens is 2. The molecule has 2 aromatic rings. The molecule has 13 heteroatoms. The van der Waals surface area contributed by atoms with E-state index >= 15 is 0 Å². The number of anilines is 1. The second-order valence-corrected chi connectivity index (χ2v) is 10.8. The molecule has 2 heterocycles. The number of piperazine rings is 1. The average Bonchev–Trinajstić information content (AvgIpc) is 3.57. The first-order valence-electron chi connectivity index (χ1n) is 15.2. The van der Waals surface area contributed by atoms with Crippen molar-refractivity contribution in [3.05, 3.63) is 42.1 Å². The molecule has 1 saturated carbocycles. The molecule has 1 aliphatic heterocycles. The Labute approximate surface area is 256 Å². The van der Waals surface area contributed by atoms with Crippen molar-refractivity contribution in [3.63, 3.8) is 0 Å². The maximum Gasteiger partial charge on any atom is 0.409 e. The number of nitrogens with zero attached hydrogens (tertiary/aromatic N) is 5. The van der Waals surface area contributed by atoms with Gasteiger partial charge in [0.25, 0.3) is 5.91 Å². The van der Waals surface area contributed by atoms with Crippen LogP contribution in [0.15, 0.2) is 36.4 Å². The number of aliphatic carboxylic acids is 1.